The van der Waals surface area contributed by atoms with Gasteiger partial charge >= 0.3 is 0 Å². The van der Waals surface area contributed by atoms with Crippen molar-refractivity contribution in [2.45, 2.75) is 26.2 Å². The second-order valence-electron chi connectivity index (χ2n) is 4.32. The van der Waals surface area contributed by atoms with Crippen molar-refractivity contribution < 1.29 is 8.78 Å². The van der Waals surface area contributed by atoms with E-state index in [4.69, 9.17) is 0 Å². The lowest BCUT2D eigenvalue weighted by molar-refractivity contribution is 0.519. The minimum absolute atomic E-state index is 0.262. The van der Waals surface area contributed by atoms with E-state index in [0.29, 0.717) is 5.56 Å². The molecule has 0 amide bonds. The summed E-state index contributed by atoms with van der Waals surface area (Å²) in [5, 5.41) is 0. The highest BCUT2D eigenvalue weighted by Gasteiger charge is 2.23. The molecule has 0 radical (unpaired) electrons. The predicted molar refractivity (Wildman–Crippen MR) is 55.2 cm³/mol. The van der Waals surface area contributed by atoms with Crippen LogP contribution < -0.4 is 0 Å². The lowest BCUT2D eigenvalue weighted by Crippen LogP contribution is -2.16. The fourth-order valence-electron chi connectivity index (χ4n) is 1.51. The fourth-order valence-corrected chi connectivity index (χ4v) is 1.51. The highest BCUT2D eigenvalue weighted by molar-refractivity contribution is 5.61. The molecule has 76 valence electrons. The molecule has 0 spiro atoms. The number of hydrogen-bond acceptors (Lipinski definition) is 0. The van der Waals surface area contributed by atoms with Crippen molar-refractivity contribution in [3.8, 4) is 0 Å². The van der Waals surface area contributed by atoms with Gasteiger partial charge in [0.15, 0.2) is 0 Å². The maximum Gasteiger partial charge on any atom is 0.127 e. The van der Waals surface area contributed by atoms with Gasteiger partial charge in [0.05, 0.1) is 0 Å². The van der Waals surface area contributed by atoms with Gasteiger partial charge in [-0.2, -0.15) is 0 Å². The largest absolute Gasteiger partial charge is 0.207 e. The molecule has 14 heavy (non-hydrogen) atoms. The molecular weight excluding hydrogens is 182 g/mol. The van der Waals surface area contributed by atoms with Gasteiger partial charge in [0.1, 0.15) is 11.6 Å². The zero-order chi connectivity index (χ0) is 10.9. The van der Waals surface area contributed by atoms with Gasteiger partial charge < -0.3 is 0 Å². The van der Waals surface area contributed by atoms with Crippen LogP contribution in [0.5, 0.6) is 0 Å². The number of hydrogen-bond donors (Lipinski definition) is 0. The highest BCUT2D eigenvalue weighted by Crippen LogP contribution is 2.32. The first-order chi connectivity index (χ1) is 6.34. The van der Waals surface area contributed by atoms with Crippen LogP contribution >= 0.6 is 0 Å². The van der Waals surface area contributed by atoms with Crippen molar-refractivity contribution in [2.24, 2.45) is 0 Å². The average molecular weight is 196 g/mol. The van der Waals surface area contributed by atoms with Crippen LogP contribution in [-0.4, -0.2) is 0 Å². The molecule has 0 saturated heterocycles. The van der Waals surface area contributed by atoms with Crippen LogP contribution in [0.3, 0.4) is 0 Å². The standard InChI is InChI=1S/C12H14F2/c1-8(13)9-6-5-7-10(14)11(9)12(2,3)4/h5-7H,1H2,2-4H3. The van der Waals surface area contributed by atoms with Crippen molar-refractivity contribution >= 4 is 5.83 Å². The number of halogens is 2. The zero-order valence-electron chi connectivity index (χ0n) is 8.70. The Kier molecular flexibility index (Phi) is 2.74. The quantitative estimate of drug-likeness (QED) is 0.635. The monoisotopic (exact) mass is 196 g/mol. The van der Waals surface area contributed by atoms with Gasteiger partial charge in [-0.3, -0.25) is 0 Å². The second kappa shape index (κ2) is 3.52. The summed E-state index contributed by atoms with van der Waals surface area (Å²) in [5.74, 6) is -0.969. The van der Waals surface area contributed by atoms with Crippen molar-refractivity contribution in [3.05, 3.63) is 41.7 Å². The molecule has 0 fully saturated rings. The van der Waals surface area contributed by atoms with Crippen LogP contribution in [0.2, 0.25) is 0 Å². The van der Waals surface area contributed by atoms with Gasteiger partial charge in [-0.25, -0.2) is 8.78 Å². The SMILES string of the molecule is C=C(F)c1cccc(F)c1C(C)(C)C. The van der Waals surface area contributed by atoms with E-state index >= 15 is 0 Å². The van der Waals surface area contributed by atoms with Crippen molar-refractivity contribution in [2.75, 3.05) is 0 Å². The molecule has 0 nitrogen and oxygen atoms in total. The molecule has 0 aliphatic rings. The Morgan fingerprint density at radius 1 is 1.29 bits per heavy atom. The van der Waals surface area contributed by atoms with E-state index < -0.39 is 11.2 Å². The molecule has 1 aromatic rings. The first-order valence-corrected chi connectivity index (χ1v) is 4.48. The fraction of sp³-hybridized carbons (Fsp3) is 0.333. The Hall–Kier alpha value is -1.18. The Labute approximate surface area is 83.3 Å². The second-order valence-corrected chi connectivity index (χ2v) is 4.32. The molecule has 0 aliphatic heterocycles. The van der Waals surface area contributed by atoms with Gasteiger partial charge in [-0.15, -0.1) is 0 Å². The van der Waals surface area contributed by atoms with Crippen LogP contribution in [0.25, 0.3) is 5.83 Å². The Bertz CT molecular complexity index is 359. The highest BCUT2D eigenvalue weighted by atomic mass is 19.1. The molecule has 0 atom stereocenters. The van der Waals surface area contributed by atoms with Gasteiger partial charge in [-0.05, 0) is 11.5 Å². The van der Waals surface area contributed by atoms with Crippen LogP contribution in [0, 0.1) is 5.82 Å². The molecular formula is C12H14F2. The van der Waals surface area contributed by atoms with Gasteiger partial charge in [-0.1, -0.05) is 39.5 Å². The van der Waals surface area contributed by atoms with E-state index in [1.165, 1.54) is 12.1 Å². The van der Waals surface area contributed by atoms with Crippen molar-refractivity contribution in [1.29, 1.82) is 0 Å². The van der Waals surface area contributed by atoms with Crippen LogP contribution in [0.15, 0.2) is 24.8 Å². The molecule has 0 heterocycles. The van der Waals surface area contributed by atoms with E-state index in [-0.39, 0.29) is 11.4 Å². The molecule has 0 aliphatic carbocycles. The summed E-state index contributed by atoms with van der Waals surface area (Å²) < 4.78 is 26.5. The zero-order valence-corrected chi connectivity index (χ0v) is 8.70. The third-order valence-corrected chi connectivity index (χ3v) is 2.06. The minimum Gasteiger partial charge on any atom is -0.207 e. The summed E-state index contributed by atoms with van der Waals surface area (Å²) in [6.07, 6.45) is 0. The summed E-state index contributed by atoms with van der Waals surface area (Å²) in [6, 6.07) is 4.38. The van der Waals surface area contributed by atoms with E-state index in [2.05, 4.69) is 6.58 Å². The van der Waals surface area contributed by atoms with E-state index in [0.717, 1.165) is 0 Å². The minimum atomic E-state index is -0.588. The van der Waals surface area contributed by atoms with Crippen LogP contribution in [0.4, 0.5) is 8.78 Å². The van der Waals surface area contributed by atoms with E-state index in [1.54, 1.807) is 6.07 Å². The smallest absolute Gasteiger partial charge is 0.127 e. The van der Waals surface area contributed by atoms with Gasteiger partial charge in [0, 0.05) is 11.1 Å². The average Bonchev–Trinajstić information content (AvgIpc) is 2.01. The van der Waals surface area contributed by atoms with Crippen LogP contribution in [-0.2, 0) is 5.41 Å². The van der Waals surface area contributed by atoms with Gasteiger partial charge in [0.2, 0.25) is 0 Å². The molecule has 0 unspecified atom stereocenters. The summed E-state index contributed by atoms with van der Waals surface area (Å²) in [4.78, 5) is 0. The van der Waals surface area contributed by atoms with Crippen LogP contribution in [0.1, 0.15) is 31.9 Å². The lowest BCUT2D eigenvalue weighted by Gasteiger charge is -2.22. The van der Waals surface area contributed by atoms with Crippen molar-refractivity contribution in [1.82, 2.24) is 0 Å². The Balaban J connectivity index is 3.45. The summed E-state index contributed by atoms with van der Waals surface area (Å²) in [7, 11) is 0. The number of benzene rings is 1. The number of rotatable bonds is 1. The molecule has 0 aromatic heterocycles. The van der Waals surface area contributed by atoms with Crippen molar-refractivity contribution in [3.63, 3.8) is 0 Å². The summed E-state index contributed by atoms with van der Waals surface area (Å²) in [5.41, 5.74) is 0.223. The third kappa shape index (κ3) is 2.00. The topological polar surface area (TPSA) is 0 Å². The molecule has 1 aromatic carbocycles. The molecule has 2 heteroatoms. The molecule has 0 bridgehead atoms. The maximum atomic E-state index is 13.5. The normalized spacial score (nSPS) is 11.5. The summed E-state index contributed by atoms with van der Waals surface area (Å²) >= 11 is 0. The van der Waals surface area contributed by atoms with E-state index in [1.807, 2.05) is 20.8 Å². The third-order valence-electron chi connectivity index (χ3n) is 2.06. The molecule has 0 saturated carbocycles. The summed E-state index contributed by atoms with van der Waals surface area (Å²) in [6.45, 7) is 8.74. The predicted octanol–water partition coefficient (Wildman–Crippen LogP) is 4.06. The maximum absolute atomic E-state index is 13.5. The Morgan fingerprint density at radius 2 is 1.86 bits per heavy atom. The van der Waals surface area contributed by atoms with E-state index in [9.17, 15) is 8.78 Å². The Morgan fingerprint density at radius 3 is 2.21 bits per heavy atom. The first kappa shape index (κ1) is 10.9. The molecule has 0 N–H and O–H groups in total. The van der Waals surface area contributed by atoms with Gasteiger partial charge in [0.25, 0.3) is 0 Å². The lowest BCUT2D eigenvalue weighted by atomic mass is 9.83. The molecule has 1 rings (SSSR count). The first-order valence-electron chi connectivity index (χ1n) is 4.48.